The Labute approximate surface area is 136 Å². The lowest BCUT2D eigenvalue weighted by Crippen LogP contribution is -2.52. The molecule has 0 fully saturated rings. The van der Waals surface area contributed by atoms with Crippen LogP contribution in [0.25, 0.3) is 0 Å². The summed E-state index contributed by atoms with van der Waals surface area (Å²) in [6, 6.07) is 15.2. The van der Waals surface area contributed by atoms with Gasteiger partial charge in [-0.15, -0.1) is 0 Å². The number of benzene rings is 2. The minimum Gasteiger partial charge on any atom is -0.489 e. The summed E-state index contributed by atoms with van der Waals surface area (Å²) >= 11 is 0. The third-order valence-electron chi connectivity index (χ3n) is 3.82. The first kappa shape index (κ1) is 15.2. The lowest BCUT2D eigenvalue weighted by Gasteiger charge is -2.38. The highest BCUT2D eigenvalue weighted by Gasteiger charge is 2.34. The Morgan fingerprint density at radius 3 is 2.74 bits per heavy atom. The molecule has 23 heavy (non-hydrogen) atoms. The van der Waals surface area contributed by atoms with Gasteiger partial charge < -0.3 is 15.4 Å². The topological polar surface area (TPSA) is 50.4 Å². The van der Waals surface area contributed by atoms with E-state index in [9.17, 15) is 4.79 Å². The Balaban J connectivity index is 1.91. The fourth-order valence-electron chi connectivity index (χ4n) is 2.63. The number of hydrogen-bond donors (Lipinski definition) is 2. The number of rotatable bonds is 4. The number of ether oxygens (including phenoxy) is 1. The summed E-state index contributed by atoms with van der Waals surface area (Å²) in [7, 11) is 0. The predicted molar refractivity (Wildman–Crippen MR) is 91.6 cm³/mol. The maximum Gasteiger partial charge on any atom is 0.255 e. The molecule has 0 bridgehead atoms. The van der Waals surface area contributed by atoms with Gasteiger partial charge in [0.05, 0.1) is 5.56 Å². The van der Waals surface area contributed by atoms with Crippen molar-refractivity contribution in [3.8, 4) is 5.75 Å². The van der Waals surface area contributed by atoms with Crippen LogP contribution in [0.4, 0.5) is 5.69 Å². The number of hydrogen-bond acceptors (Lipinski definition) is 3. The number of anilines is 1. The molecule has 1 aliphatic heterocycles. The standard InChI is InChI=1S/C19H20N2O2/c1-13(2)12-23-15-8-6-7-14(11-15)19(3)20-17-10-5-4-9-16(17)18(22)21-19/h4-11,20H,1,12H2,2-3H3,(H,21,22). The highest BCUT2D eigenvalue weighted by atomic mass is 16.5. The molecular formula is C19H20N2O2. The van der Waals surface area contributed by atoms with Crippen LogP contribution in [0.3, 0.4) is 0 Å². The quantitative estimate of drug-likeness (QED) is 0.847. The Kier molecular flexibility index (Phi) is 3.82. The lowest BCUT2D eigenvalue weighted by atomic mass is 9.96. The Hall–Kier alpha value is -2.75. The molecule has 2 aromatic carbocycles. The van der Waals surface area contributed by atoms with E-state index >= 15 is 0 Å². The molecule has 118 valence electrons. The van der Waals surface area contributed by atoms with Gasteiger partial charge in [-0.2, -0.15) is 0 Å². The minimum absolute atomic E-state index is 0.0879. The first-order valence-corrected chi connectivity index (χ1v) is 7.55. The Morgan fingerprint density at radius 1 is 1.17 bits per heavy atom. The van der Waals surface area contributed by atoms with Gasteiger partial charge in [0.2, 0.25) is 0 Å². The zero-order chi connectivity index (χ0) is 16.4. The average Bonchev–Trinajstić information content (AvgIpc) is 2.53. The van der Waals surface area contributed by atoms with Gasteiger partial charge in [0.25, 0.3) is 5.91 Å². The van der Waals surface area contributed by atoms with E-state index in [0.29, 0.717) is 12.2 Å². The molecule has 0 aromatic heterocycles. The molecule has 4 nitrogen and oxygen atoms in total. The molecule has 2 N–H and O–H groups in total. The molecule has 1 amide bonds. The maximum absolute atomic E-state index is 12.4. The molecule has 0 saturated carbocycles. The van der Waals surface area contributed by atoms with Crippen molar-refractivity contribution in [2.24, 2.45) is 0 Å². The van der Waals surface area contributed by atoms with E-state index in [1.807, 2.05) is 62.4 Å². The molecule has 0 radical (unpaired) electrons. The summed E-state index contributed by atoms with van der Waals surface area (Å²) in [6.45, 7) is 8.18. The van der Waals surface area contributed by atoms with Crippen molar-refractivity contribution in [1.82, 2.24) is 5.32 Å². The van der Waals surface area contributed by atoms with Gasteiger partial charge >= 0.3 is 0 Å². The minimum atomic E-state index is -0.686. The van der Waals surface area contributed by atoms with Crippen LogP contribution in [-0.2, 0) is 5.66 Å². The normalized spacial score (nSPS) is 19.3. The van der Waals surface area contributed by atoms with Crippen molar-refractivity contribution >= 4 is 11.6 Å². The molecular weight excluding hydrogens is 288 g/mol. The Bertz CT molecular complexity index is 769. The molecule has 1 atom stereocenters. The fourth-order valence-corrected chi connectivity index (χ4v) is 2.63. The second-order valence-corrected chi connectivity index (χ2v) is 6.02. The zero-order valence-electron chi connectivity index (χ0n) is 13.3. The molecule has 0 aliphatic carbocycles. The van der Waals surface area contributed by atoms with Gasteiger partial charge in [-0.3, -0.25) is 4.79 Å². The van der Waals surface area contributed by atoms with Gasteiger partial charge in [-0.1, -0.05) is 30.8 Å². The van der Waals surface area contributed by atoms with Crippen LogP contribution in [0.1, 0.15) is 29.8 Å². The number of para-hydroxylation sites is 1. The summed E-state index contributed by atoms with van der Waals surface area (Å²) in [4.78, 5) is 12.4. The highest BCUT2D eigenvalue weighted by Crippen LogP contribution is 2.32. The summed E-state index contributed by atoms with van der Waals surface area (Å²) in [5, 5.41) is 6.44. The van der Waals surface area contributed by atoms with E-state index in [2.05, 4.69) is 17.2 Å². The second kappa shape index (κ2) is 5.80. The largest absolute Gasteiger partial charge is 0.489 e. The number of fused-ring (bicyclic) bond motifs is 1. The van der Waals surface area contributed by atoms with Crippen LogP contribution in [-0.4, -0.2) is 12.5 Å². The first-order valence-electron chi connectivity index (χ1n) is 7.55. The summed E-state index contributed by atoms with van der Waals surface area (Å²) in [5.41, 5.74) is 2.68. The number of carbonyl (C=O) groups excluding carboxylic acids is 1. The summed E-state index contributed by atoms with van der Waals surface area (Å²) in [6.07, 6.45) is 0. The van der Waals surface area contributed by atoms with Crippen molar-refractivity contribution in [3.63, 3.8) is 0 Å². The van der Waals surface area contributed by atoms with Gasteiger partial charge in [-0.25, -0.2) is 0 Å². The second-order valence-electron chi connectivity index (χ2n) is 6.02. The molecule has 0 spiro atoms. The van der Waals surface area contributed by atoms with Crippen LogP contribution < -0.4 is 15.4 Å². The molecule has 3 rings (SSSR count). The number of amides is 1. The van der Waals surface area contributed by atoms with Crippen molar-refractivity contribution < 1.29 is 9.53 Å². The van der Waals surface area contributed by atoms with E-state index in [1.54, 1.807) is 0 Å². The summed E-state index contributed by atoms with van der Waals surface area (Å²) < 4.78 is 5.70. The van der Waals surface area contributed by atoms with E-state index in [0.717, 1.165) is 22.6 Å². The van der Waals surface area contributed by atoms with Gasteiger partial charge in [-0.05, 0) is 43.7 Å². The molecule has 1 heterocycles. The van der Waals surface area contributed by atoms with Crippen LogP contribution in [0.5, 0.6) is 5.75 Å². The average molecular weight is 308 g/mol. The zero-order valence-corrected chi connectivity index (χ0v) is 13.3. The van der Waals surface area contributed by atoms with Crippen LogP contribution >= 0.6 is 0 Å². The molecule has 0 saturated heterocycles. The van der Waals surface area contributed by atoms with Gasteiger partial charge in [0, 0.05) is 11.3 Å². The van der Waals surface area contributed by atoms with E-state index in [1.165, 1.54) is 0 Å². The third kappa shape index (κ3) is 3.06. The smallest absolute Gasteiger partial charge is 0.255 e. The monoisotopic (exact) mass is 308 g/mol. The molecule has 2 aromatic rings. The van der Waals surface area contributed by atoms with E-state index < -0.39 is 5.66 Å². The maximum atomic E-state index is 12.4. The van der Waals surface area contributed by atoms with Crippen molar-refractivity contribution in [3.05, 3.63) is 71.8 Å². The molecule has 1 aliphatic rings. The Morgan fingerprint density at radius 2 is 1.96 bits per heavy atom. The van der Waals surface area contributed by atoms with E-state index in [4.69, 9.17) is 4.74 Å². The third-order valence-corrected chi connectivity index (χ3v) is 3.82. The van der Waals surface area contributed by atoms with Crippen LogP contribution in [0.2, 0.25) is 0 Å². The number of carbonyl (C=O) groups is 1. The van der Waals surface area contributed by atoms with Crippen LogP contribution in [0.15, 0.2) is 60.7 Å². The van der Waals surface area contributed by atoms with E-state index in [-0.39, 0.29) is 5.91 Å². The highest BCUT2D eigenvalue weighted by molar-refractivity contribution is 6.02. The van der Waals surface area contributed by atoms with Crippen molar-refractivity contribution in [1.29, 1.82) is 0 Å². The fraction of sp³-hybridized carbons (Fsp3) is 0.211. The molecule has 4 heteroatoms. The van der Waals surface area contributed by atoms with Crippen molar-refractivity contribution in [2.75, 3.05) is 11.9 Å². The predicted octanol–water partition coefficient (Wildman–Crippen LogP) is 3.67. The van der Waals surface area contributed by atoms with Crippen LogP contribution in [0, 0.1) is 0 Å². The number of nitrogens with one attached hydrogen (secondary N) is 2. The lowest BCUT2D eigenvalue weighted by molar-refractivity contribution is 0.0906. The summed E-state index contributed by atoms with van der Waals surface area (Å²) in [5.74, 6) is 0.664. The van der Waals surface area contributed by atoms with Crippen molar-refractivity contribution in [2.45, 2.75) is 19.5 Å². The SMILES string of the molecule is C=C(C)COc1cccc(C2(C)NC(=O)c3ccccc3N2)c1. The van der Waals surface area contributed by atoms with Gasteiger partial charge in [0.1, 0.15) is 18.0 Å². The van der Waals surface area contributed by atoms with Gasteiger partial charge in [0.15, 0.2) is 0 Å². The molecule has 1 unspecified atom stereocenters. The first-order chi connectivity index (χ1) is 11.0.